The van der Waals surface area contributed by atoms with E-state index in [-0.39, 0.29) is 11.8 Å². The summed E-state index contributed by atoms with van der Waals surface area (Å²) in [6.07, 6.45) is 20.1. The first-order valence-electron chi connectivity index (χ1n) is 15.3. The summed E-state index contributed by atoms with van der Waals surface area (Å²) in [5, 5.41) is 23.4. The number of rotatable bonds is 8. The molecule has 5 N–H and O–H groups in total. The lowest BCUT2D eigenvalue weighted by Crippen LogP contribution is -2.32. The van der Waals surface area contributed by atoms with Gasteiger partial charge in [-0.05, 0) is 72.3 Å². The van der Waals surface area contributed by atoms with Crippen molar-refractivity contribution in [1.29, 1.82) is 0 Å². The molecule has 1 rings (SSSR count). The maximum atomic E-state index is 12.7. The summed E-state index contributed by atoms with van der Waals surface area (Å²) in [5.41, 5.74) is 9.33. The molecule has 0 radical (unpaired) electrons. The lowest BCUT2D eigenvalue weighted by molar-refractivity contribution is -0.144. The summed E-state index contributed by atoms with van der Waals surface area (Å²) >= 11 is 0. The van der Waals surface area contributed by atoms with Gasteiger partial charge in [0.05, 0.1) is 18.1 Å². The smallest absolute Gasteiger partial charge is 0.330 e. The highest BCUT2D eigenvalue weighted by Gasteiger charge is 2.22. The summed E-state index contributed by atoms with van der Waals surface area (Å²) in [6, 6.07) is 0. The fourth-order valence-electron chi connectivity index (χ4n) is 4.72. The average molecular weight is 609 g/mol. The van der Waals surface area contributed by atoms with Crippen LogP contribution >= 0.6 is 0 Å². The zero-order chi connectivity index (χ0) is 33.1. The van der Waals surface area contributed by atoms with Crippen LogP contribution in [0.15, 0.2) is 95.8 Å². The minimum atomic E-state index is -1.08. The van der Waals surface area contributed by atoms with E-state index in [1.54, 1.807) is 24.4 Å². The van der Waals surface area contributed by atoms with E-state index in [0.717, 1.165) is 22.3 Å². The number of nitrogens with one attached hydrogen (secondary N) is 1. The van der Waals surface area contributed by atoms with E-state index < -0.39 is 36.1 Å². The number of esters is 1. The van der Waals surface area contributed by atoms with Crippen LogP contribution in [0.4, 0.5) is 0 Å². The number of nitrogens with two attached hydrogens (primary N) is 1. The molecule has 0 aromatic heterocycles. The molecule has 0 fully saturated rings. The molecule has 44 heavy (non-hydrogen) atoms. The van der Waals surface area contributed by atoms with E-state index in [9.17, 15) is 24.6 Å². The zero-order valence-electron chi connectivity index (χ0n) is 27.0. The average Bonchev–Trinajstić information content (AvgIpc) is 2.91. The highest BCUT2D eigenvalue weighted by molar-refractivity contribution is 5.89. The van der Waals surface area contributed by atoms with Gasteiger partial charge in [-0.25, -0.2) is 4.79 Å². The number of ether oxygens (including phenoxy) is 1. The largest absolute Gasteiger partial charge is 0.458 e. The van der Waals surface area contributed by atoms with Crippen molar-refractivity contribution >= 4 is 17.8 Å². The van der Waals surface area contributed by atoms with Gasteiger partial charge in [0.15, 0.2) is 0 Å². The third-order valence-corrected chi connectivity index (χ3v) is 7.03. The number of cyclic esters (lactones) is 1. The van der Waals surface area contributed by atoms with Gasteiger partial charge >= 0.3 is 5.97 Å². The van der Waals surface area contributed by atoms with Crippen LogP contribution in [0.1, 0.15) is 79.6 Å². The minimum absolute atomic E-state index is 0.129. The van der Waals surface area contributed by atoms with Crippen molar-refractivity contribution in [2.24, 2.45) is 17.6 Å². The van der Waals surface area contributed by atoms with Crippen molar-refractivity contribution in [2.45, 2.75) is 97.9 Å². The lowest BCUT2D eigenvalue weighted by Gasteiger charge is -2.22. The molecular formula is C36H52N2O6. The third-order valence-electron chi connectivity index (χ3n) is 7.03. The highest BCUT2D eigenvalue weighted by Crippen LogP contribution is 2.21. The second kappa shape index (κ2) is 21.0. The van der Waals surface area contributed by atoms with Crippen molar-refractivity contribution in [3.8, 4) is 0 Å². The molecule has 5 unspecified atom stereocenters. The number of carbonyl (C=O) groups is 3. The van der Waals surface area contributed by atoms with Crippen LogP contribution in [0, 0.1) is 11.8 Å². The standard InChI is InChI=1S/C36H52N2O6/c1-25(2)21-28(5)24-34(41)38-20-19-27(4)22-29(6)33-23-26(3)13-9-7-11-15-31(36(37)43)32(40)18-17-30(39)14-10-8-12-16-35(42)44-33/h7,9,12-13,16-20,22,24,29-33,39-40H,1,8,10-11,14-15,21,23H2,2-6H3,(H2,37,43)(H,38,41). The van der Waals surface area contributed by atoms with Gasteiger partial charge in [0.2, 0.25) is 11.8 Å². The lowest BCUT2D eigenvalue weighted by atomic mass is 9.94. The van der Waals surface area contributed by atoms with Crippen molar-refractivity contribution in [1.82, 2.24) is 5.32 Å². The van der Waals surface area contributed by atoms with Gasteiger partial charge in [0.1, 0.15) is 6.10 Å². The third kappa shape index (κ3) is 17.4. The maximum Gasteiger partial charge on any atom is 0.330 e. The van der Waals surface area contributed by atoms with E-state index >= 15 is 0 Å². The molecule has 0 saturated heterocycles. The molecule has 0 bridgehead atoms. The van der Waals surface area contributed by atoms with Gasteiger partial charge < -0.3 is 26.0 Å². The molecule has 0 saturated carbocycles. The van der Waals surface area contributed by atoms with Crippen LogP contribution in [0.3, 0.4) is 0 Å². The number of primary amides is 1. The van der Waals surface area contributed by atoms with Crippen LogP contribution in [0.5, 0.6) is 0 Å². The van der Waals surface area contributed by atoms with Crippen LogP contribution in [-0.4, -0.2) is 46.3 Å². The van der Waals surface area contributed by atoms with Crippen LogP contribution in [-0.2, 0) is 19.1 Å². The molecule has 8 heteroatoms. The first-order chi connectivity index (χ1) is 20.8. The summed E-state index contributed by atoms with van der Waals surface area (Å²) < 4.78 is 5.87. The predicted octanol–water partition coefficient (Wildman–Crippen LogP) is 5.82. The fraction of sp³-hybridized carbons (Fsp3) is 0.472. The zero-order valence-corrected chi connectivity index (χ0v) is 27.0. The second-order valence-electron chi connectivity index (χ2n) is 11.7. The minimum Gasteiger partial charge on any atom is -0.458 e. The van der Waals surface area contributed by atoms with Gasteiger partial charge in [-0.3, -0.25) is 9.59 Å². The first-order valence-corrected chi connectivity index (χ1v) is 15.3. The van der Waals surface area contributed by atoms with E-state index in [1.807, 2.05) is 58.9 Å². The Morgan fingerprint density at radius 1 is 1.16 bits per heavy atom. The summed E-state index contributed by atoms with van der Waals surface area (Å²) in [5.74, 6) is -2.13. The monoisotopic (exact) mass is 608 g/mol. The predicted molar refractivity (Wildman–Crippen MR) is 177 cm³/mol. The Morgan fingerprint density at radius 2 is 1.89 bits per heavy atom. The molecule has 242 valence electrons. The van der Waals surface area contributed by atoms with Crippen molar-refractivity contribution in [3.05, 3.63) is 95.8 Å². The number of amides is 2. The summed E-state index contributed by atoms with van der Waals surface area (Å²) in [7, 11) is 0. The Morgan fingerprint density at radius 3 is 2.57 bits per heavy atom. The Balaban J connectivity index is 3.06. The molecule has 2 amide bonds. The molecule has 0 spiro atoms. The van der Waals surface area contributed by atoms with Gasteiger partial charge in [-0.15, -0.1) is 0 Å². The normalized spacial score (nSPS) is 24.3. The van der Waals surface area contributed by atoms with Crippen molar-refractivity contribution in [2.75, 3.05) is 0 Å². The molecule has 1 aliphatic rings. The molecule has 1 aliphatic heterocycles. The van der Waals surface area contributed by atoms with Crippen LogP contribution in [0.2, 0.25) is 0 Å². The Hall–Kier alpha value is -3.75. The van der Waals surface area contributed by atoms with Gasteiger partial charge in [-0.2, -0.15) is 0 Å². The first kappa shape index (κ1) is 38.3. The van der Waals surface area contributed by atoms with Crippen molar-refractivity contribution < 1.29 is 29.3 Å². The highest BCUT2D eigenvalue weighted by atomic mass is 16.5. The van der Waals surface area contributed by atoms with E-state index in [2.05, 4.69) is 11.9 Å². The Kier molecular flexibility index (Phi) is 18.3. The number of aliphatic hydroxyl groups is 2. The molecule has 5 atom stereocenters. The molecule has 8 nitrogen and oxygen atoms in total. The number of hydrogen-bond donors (Lipinski definition) is 4. The number of allylic oxidation sites excluding steroid dienone is 8. The van der Waals surface area contributed by atoms with E-state index in [1.165, 1.54) is 18.2 Å². The van der Waals surface area contributed by atoms with E-state index in [4.69, 9.17) is 10.5 Å². The maximum absolute atomic E-state index is 12.7. The van der Waals surface area contributed by atoms with Crippen LogP contribution in [0.25, 0.3) is 0 Å². The SMILES string of the molecule is C=C(C)CC(C)=CC(=O)NC=CC(C)=CC(C)C1CC(C)=CC=CCCC(C(N)=O)C(O)C=CC(O)CCCC=CC(=O)O1. The second-order valence-corrected chi connectivity index (χ2v) is 11.7. The fourth-order valence-corrected chi connectivity index (χ4v) is 4.72. The molecular weight excluding hydrogens is 556 g/mol. The summed E-state index contributed by atoms with van der Waals surface area (Å²) in [4.78, 5) is 36.8. The van der Waals surface area contributed by atoms with Crippen LogP contribution < -0.4 is 11.1 Å². The van der Waals surface area contributed by atoms with Gasteiger partial charge in [0.25, 0.3) is 0 Å². The molecule has 0 aromatic rings. The quantitative estimate of drug-likeness (QED) is 0.119. The number of hydrogen-bond acceptors (Lipinski definition) is 6. The number of carbonyl (C=O) groups excluding carboxylic acids is 3. The summed E-state index contributed by atoms with van der Waals surface area (Å²) in [6.45, 7) is 13.5. The number of aliphatic hydroxyl groups excluding tert-OH is 2. The van der Waals surface area contributed by atoms with Gasteiger partial charge in [-0.1, -0.05) is 78.3 Å². The topological polar surface area (TPSA) is 139 Å². The van der Waals surface area contributed by atoms with E-state index in [0.29, 0.717) is 44.9 Å². The van der Waals surface area contributed by atoms with Crippen molar-refractivity contribution in [3.63, 3.8) is 0 Å². The molecule has 1 heterocycles. The molecule has 0 aliphatic carbocycles. The Labute approximate surface area is 263 Å². The molecule has 0 aromatic carbocycles. The Bertz CT molecular complexity index is 1190. The van der Waals surface area contributed by atoms with Gasteiger partial charge in [0, 0.05) is 30.7 Å².